The Morgan fingerprint density at radius 3 is 2.59 bits per heavy atom. The van der Waals surface area contributed by atoms with Crippen molar-refractivity contribution >= 4 is 12.0 Å². The molecule has 1 heterocycles. The lowest BCUT2D eigenvalue weighted by atomic mass is 10.1. The Kier molecular flexibility index (Phi) is 5.75. The van der Waals surface area contributed by atoms with E-state index in [1.165, 1.54) is 5.56 Å². The van der Waals surface area contributed by atoms with Crippen LogP contribution in [-0.2, 0) is 14.3 Å². The highest BCUT2D eigenvalue weighted by Gasteiger charge is 2.45. The fraction of sp³-hybridized carbons (Fsp3) is 0.619. The molecule has 0 aromatic heterocycles. The van der Waals surface area contributed by atoms with Crippen LogP contribution in [0.5, 0.6) is 0 Å². The average molecular weight is 374 g/mol. The van der Waals surface area contributed by atoms with Gasteiger partial charge in [-0.2, -0.15) is 0 Å². The average Bonchev–Trinajstić information content (AvgIpc) is 3.39. The fourth-order valence-corrected chi connectivity index (χ4v) is 3.62. The first kappa shape index (κ1) is 19.7. The number of morpholine rings is 1. The highest BCUT2D eigenvalue weighted by atomic mass is 16.6. The summed E-state index contributed by atoms with van der Waals surface area (Å²) in [5.41, 5.74) is 0.751. The van der Waals surface area contributed by atoms with Gasteiger partial charge in [-0.15, -0.1) is 0 Å². The Morgan fingerprint density at radius 2 is 1.96 bits per heavy atom. The number of benzene rings is 1. The molecule has 6 nitrogen and oxygen atoms in total. The molecule has 0 N–H and O–H groups in total. The second kappa shape index (κ2) is 7.89. The van der Waals surface area contributed by atoms with Gasteiger partial charge >= 0.3 is 6.09 Å². The Hall–Kier alpha value is -2.08. The largest absolute Gasteiger partial charge is 0.444 e. The van der Waals surface area contributed by atoms with E-state index < -0.39 is 5.60 Å². The van der Waals surface area contributed by atoms with Gasteiger partial charge in [-0.25, -0.2) is 4.79 Å². The van der Waals surface area contributed by atoms with E-state index in [4.69, 9.17) is 9.47 Å². The molecular formula is C21H30N2O4. The summed E-state index contributed by atoms with van der Waals surface area (Å²) >= 11 is 0. The molecule has 1 aromatic rings. The molecule has 0 spiro atoms. The van der Waals surface area contributed by atoms with Crippen molar-refractivity contribution in [2.24, 2.45) is 0 Å². The maximum absolute atomic E-state index is 12.3. The van der Waals surface area contributed by atoms with E-state index in [-0.39, 0.29) is 24.1 Å². The molecule has 1 saturated heterocycles. The zero-order chi connectivity index (χ0) is 19.6. The van der Waals surface area contributed by atoms with E-state index >= 15 is 0 Å². The molecule has 1 aliphatic carbocycles. The standard InChI is InChI=1S/C21H30N2O4/c1-15(24)23(19-12-18(19)16-8-6-5-7-9-16)14-17-13-22(10-11-26-17)20(25)27-21(2,3)4/h5-9,17-19H,10-14H2,1-4H3/t17?,18-,19+/m0/s1. The van der Waals surface area contributed by atoms with Gasteiger partial charge in [-0.1, -0.05) is 30.3 Å². The van der Waals surface area contributed by atoms with Crippen LogP contribution < -0.4 is 0 Å². The third kappa shape index (κ3) is 5.22. The van der Waals surface area contributed by atoms with Gasteiger partial charge in [0.1, 0.15) is 5.60 Å². The van der Waals surface area contributed by atoms with Gasteiger partial charge in [-0.3, -0.25) is 4.79 Å². The Bertz CT molecular complexity index is 671. The highest BCUT2D eigenvalue weighted by molar-refractivity contribution is 5.74. The maximum Gasteiger partial charge on any atom is 0.410 e. The molecule has 1 unspecified atom stereocenters. The highest BCUT2D eigenvalue weighted by Crippen LogP contribution is 2.44. The van der Waals surface area contributed by atoms with Crippen molar-refractivity contribution in [1.82, 2.24) is 9.80 Å². The van der Waals surface area contributed by atoms with Crippen molar-refractivity contribution in [1.29, 1.82) is 0 Å². The van der Waals surface area contributed by atoms with Gasteiger partial charge in [0.25, 0.3) is 0 Å². The molecule has 0 radical (unpaired) electrons. The minimum atomic E-state index is -0.521. The lowest BCUT2D eigenvalue weighted by Crippen LogP contribution is -2.51. The molecule has 2 aliphatic rings. The van der Waals surface area contributed by atoms with Crippen LogP contribution in [0.2, 0.25) is 0 Å². The Morgan fingerprint density at radius 1 is 1.26 bits per heavy atom. The Labute approximate surface area is 161 Å². The van der Waals surface area contributed by atoms with Crippen LogP contribution in [0.15, 0.2) is 30.3 Å². The van der Waals surface area contributed by atoms with Crippen LogP contribution in [0.3, 0.4) is 0 Å². The van der Waals surface area contributed by atoms with Crippen molar-refractivity contribution in [3.05, 3.63) is 35.9 Å². The normalized spacial score (nSPS) is 25.0. The predicted molar refractivity (Wildman–Crippen MR) is 103 cm³/mol. The topological polar surface area (TPSA) is 59.1 Å². The summed E-state index contributed by atoms with van der Waals surface area (Å²) < 4.78 is 11.3. The summed E-state index contributed by atoms with van der Waals surface area (Å²) in [4.78, 5) is 28.2. The number of rotatable bonds is 4. The number of carbonyl (C=O) groups excluding carboxylic acids is 2. The molecule has 1 aromatic carbocycles. The second-order valence-corrected chi connectivity index (χ2v) is 8.41. The third-order valence-corrected chi connectivity index (χ3v) is 4.98. The summed E-state index contributed by atoms with van der Waals surface area (Å²) in [7, 11) is 0. The minimum Gasteiger partial charge on any atom is -0.444 e. The van der Waals surface area contributed by atoms with E-state index in [1.807, 2.05) is 43.9 Å². The van der Waals surface area contributed by atoms with Crippen molar-refractivity contribution in [2.45, 2.75) is 57.8 Å². The summed E-state index contributed by atoms with van der Waals surface area (Å²) in [6.07, 6.45) is 0.470. The van der Waals surface area contributed by atoms with Crippen LogP contribution in [-0.4, -0.2) is 65.8 Å². The van der Waals surface area contributed by atoms with Crippen LogP contribution >= 0.6 is 0 Å². The van der Waals surface area contributed by atoms with E-state index in [1.54, 1.807) is 11.8 Å². The number of hydrogen-bond donors (Lipinski definition) is 0. The molecule has 3 atom stereocenters. The first-order chi connectivity index (χ1) is 12.7. The van der Waals surface area contributed by atoms with Crippen LogP contribution in [0.4, 0.5) is 4.79 Å². The monoisotopic (exact) mass is 374 g/mol. The lowest BCUT2D eigenvalue weighted by Gasteiger charge is -2.36. The quantitative estimate of drug-likeness (QED) is 0.813. The predicted octanol–water partition coefficient (Wildman–Crippen LogP) is 3.03. The maximum atomic E-state index is 12.3. The number of ether oxygens (including phenoxy) is 2. The van der Waals surface area contributed by atoms with E-state index in [2.05, 4.69) is 12.1 Å². The van der Waals surface area contributed by atoms with Crippen LogP contribution in [0.25, 0.3) is 0 Å². The van der Waals surface area contributed by atoms with Gasteiger partial charge in [0.15, 0.2) is 0 Å². The molecule has 2 amide bonds. The summed E-state index contributed by atoms with van der Waals surface area (Å²) in [6.45, 7) is 9.11. The first-order valence-corrected chi connectivity index (χ1v) is 9.66. The smallest absolute Gasteiger partial charge is 0.410 e. The Balaban J connectivity index is 1.59. The van der Waals surface area contributed by atoms with E-state index in [0.29, 0.717) is 32.2 Å². The summed E-state index contributed by atoms with van der Waals surface area (Å²) in [5.74, 6) is 0.442. The molecule has 2 fully saturated rings. The molecular weight excluding hydrogens is 344 g/mol. The van der Waals surface area contributed by atoms with Gasteiger partial charge in [0.05, 0.1) is 19.3 Å². The fourth-order valence-electron chi connectivity index (χ4n) is 3.62. The van der Waals surface area contributed by atoms with Gasteiger partial charge in [-0.05, 0) is 32.8 Å². The third-order valence-electron chi connectivity index (χ3n) is 4.98. The minimum absolute atomic E-state index is 0.0522. The zero-order valence-corrected chi connectivity index (χ0v) is 16.7. The summed E-state index contributed by atoms with van der Waals surface area (Å²) in [6, 6.07) is 10.5. The van der Waals surface area contributed by atoms with E-state index in [0.717, 1.165) is 6.42 Å². The van der Waals surface area contributed by atoms with Crippen molar-refractivity contribution < 1.29 is 19.1 Å². The SMILES string of the molecule is CC(=O)N(CC1CN(C(=O)OC(C)(C)C)CCO1)[C@@H]1C[C@H]1c1ccccc1. The van der Waals surface area contributed by atoms with Crippen LogP contribution in [0.1, 0.15) is 45.6 Å². The van der Waals surface area contributed by atoms with Gasteiger partial charge in [0, 0.05) is 32.0 Å². The summed E-state index contributed by atoms with van der Waals surface area (Å²) in [5, 5.41) is 0. The lowest BCUT2D eigenvalue weighted by molar-refractivity contribution is -0.133. The van der Waals surface area contributed by atoms with Crippen molar-refractivity contribution in [2.75, 3.05) is 26.2 Å². The number of hydrogen-bond acceptors (Lipinski definition) is 4. The molecule has 27 heavy (non-hydrogen) atoms. The zero-order valence-electron chi connectivity index (χ0n) is 16.7. The number of nitrogens with zero attached hydrogens (tertiary/aromatic N) is 2. The first-order valence-electron chi connectivity index (χ1n) is 9.66. The second-order valence-electron chi connectivity index (χ2n) is 8.41. The van der Waals surface area contributed by atoms with Crippen molar-refractivity contribution in [3.63, 3.8) is 0 Å². The molecule has 3 rings (SSSR count). The molecule has 0 bridgehead atoms. The number of amides is 2. The molecule has 148 valence electrons. The molecule has 1 aliphatic heterocycles. The van der Waals surface area contributed by atoms with Gasteiger partial charge in [0.2, 0.25) is 5.91 Å². The number of carbonyl (C=O) groups is 2. The van der Waals surface area contributed by atoms with Gasteiger partial charge < -0.3 is 19.3 Å². The molecule has 6 heteroatoms. The van der Waals surface area contributed by atoms with Crippen molar-refractivity contribution in [3.8, 4) is 0 Å². The van der Waals surface area contributed by atoms with E-state index in [9.17, 15) is 9.59 Å². The molecule has 1 saturated carbocycles. The van der Waals surface area contributed by atoms with Crippen LogP contribution in [0, 0.1) is 0 Å².